The van der Waals surface area contributed by atoms with Crippen molar-refractivity contribution in [3.8, 4) is 5.75 Å². The Morgan fingerprint density at radius 1 is 1.20 bits per heavy atom. The van der Waals surface area contributed by atoms with Crippen molar-refractivity contribution in [2.24, 2.45) is 5.41 Å². The number of halogens is 1. The molecule has 12 nitrogen and oxygen atoms in total. The Bertz CT molecular complexity index is 1570. The molecule has 0 radical (unpaired) electrons. The molecule has 3 N–H and O–H groups in total. The first-order valence-electron chi connectivity index (χ1n) is 12.6. The van der Waals surface area contributed by atoms with Crippen LogP contribution in [0.4, 0.5) is 10.1 Å². The number of hydrogen-bond acceptors (Lipinski definition) is 8. The summed E-state index contributed by atoms with van der Waals surface area (Å²) in [5.41, 5.74) is 1.01. The van der Waals surface area contributed by atoms with Gasteiger partial charge in [-0.25, -0.2) is 13.9 Å². The summed E-state index contributed by atoms with van der Waals surface area (Å²) < 4.78 is 25.7. The summed E-state index contributed by atoms with van der Waals surface area (Å²) in [5.74, 6) is -2.02. The van der Waals surface area contributed by atoms with Gasteiger partial charge >= 0.3 is 5.97 Å². The van der Waals surface area contributed by atoms with Crippen LogP contribution in [0.15, 0.2) is 42.1 Å². The SMILES string of the molecule is COC(=O)C1(C)CC=C(CNC(=O)c2cc(C(=O)NCc3ccc4c(c3)NC(=O)CO4)nc3c(F)cnn23)CC1. The average Bonchev–Trinajstić information content (AvgIpc) is 3.34. The summed E-state index contributed by atoms with van der Waals surface area (Å²) in [4.78, 5) is 53.7. The zero-order chi connectivity index (χ0) is 28.4. The van der Waals surface area contributed by atoms with Crippen molar-refractivity contribution in [1.82, 2.24) is 25.2 Å². The summed E-state index contributed by atoms with van der Waals surface area (Å²) in [6.07, 6.45) is 4.50. The predicted octanol–water partition coefficient (Wildman–Crippen LogP) is 2.15. The van der Waals surface area contributed by atoms with Crippen molar-refractivity contribution in [3.63, 3.8) is 0 Å². The smallest absolute Gasteiger partial charge is 0.311 e. The zero-order valence-electron chi connectivity index (χ0n) is 21.9. The fourth-order valence-corrected chi connectivity index (χ4v) is 4.61. The molecule has 1 aliphatic heterocycles. The van der Waals surface area contributed by atoms with Gasteiger partial charge in [-0.1, -0.05) is 17.7 Å². The summed E-state index contributed by atoms with van der Waals surface area (Å²) in [6, 6.07) is 6.33. The number of nitrogens with zero attached hydrogens (tertiary/aromatic N) is 3. The minimum absolute atomic E-state index is 0.0648. The van der Waals surface area contributed by atoms with Crippen LogP contribution in [-0.2, 0) is 20.9 Å². The lowest BCUT2D eigenvalue weighted by molar-refractivity contribution is -0.152. The van der Waals surface area contributed by atoms with Gasteiger partial charge in [-0.3, -0.25) is 19.2 Å². The Morgan fingerprint density at radius 2 is 2.00 bits per heavy atom. The molecule has 13 heteroatoms. The number of aromatic nitrogens is 3. The fourth-order valence-electron chi connectivity index (χ4n) is 4.61. The van der Waals surface area contributed by atoms with E-state index in [1.165, 1.54) is 13.2 Å². The maximum absolute atomic E-state index is 14.4. The molecule has 3 heterocycles. The molecule has 1 unspecified atom stereocenters. The molecule has 0 spiro atoms. The van der Waals surface area contributed by atoms with Crippen LogP contribution in [0.2, 0.25) is 0 Å². The highest BCUT2D eigenvalue weighted by Crippen LogP contribution is 2.36. The standard InChI is InChI=1S/C27H27FN6O6/c1-27(26(38)39-2)7-5-15(6-8-27)11-30-25(37)20-10-19(33-23-17(28)13-31-34(20)23)24(36)29-12-16-3-4-21-18(9-16)32-22(35)14-40-21/h3-5,9-10,13H,6-8,11-12,14H2,1-2H3,(H,29,36)(H,30,37)(H,32,35). The van der Waals surface area contributed by atoms with Crippen LogP contribution in [0, 0.1) is 11.2 Å². The molecule has 0 saturated heterocycles. The van der Waals surface area contributed by atoms with Gasteiger partial charge in [-0.2, -0.15) is 5.10 Å². The number of carbonyl (C=O) groups excluding carboxylic acids is 4. The number of carbonyl (C=O) groups is 4. The van der Waals surface area contributed by atoms with E-state index in [4.69, 9.17) is 9.47 Å². The van der Waals surface area contributed by atoms with Gasteiger partial charge in [-0.15, -0.1) is 0 Å². The number of ether oxygens (including phenoxy) is 2. The summed E-state index contributed by atoms with van der Waals surface area (Å²) in [7, 11) is 1.36. The van der Waals surface area contributed by atoms with Crippen LogP contribution < -0.4 is 20.7 Å². The number of fused-ring (bicyclic) bond motifs is 2. The second kappa shape index (κ2) is 10.8. The van der Waals surface area contributed by atoms with Crippen LogP contribution in [0.3, 0.4) is 0 Å². The third-order valence-electron chi connectivity index (χ3n) is 7.02. The van der Waals surface area contributed by atoms with Gasteiger partial charge in [0, 0.05) is 19.2 Å². The number of methoxy groups -OCH3 is 1. The second-order valence-corrected chi connectivity index (χ2v) is 9.91. The van der Waals surface area contributed by atoms with Gasteiger partial charge in [0.05, 0.1) is 24.4 Å². The quantitative estimate of drug-likeness (QED) is 0.299. The van der Waals surface area contributed by atoms with E-state index in [0.717, 1.165) is 16.3 Å². The van der Waals surface area contributed by atoms with Crippen molar-refractivity contribution >= 4 is 35.0 Å². The third kappa shape index (κ3) is 5.35. The maximum Gasteiger partial charge on any atom is 0.311 e. The van der Waals surface area contributed by atoms with Crippen LogP contribution in [0.5, 0.6) is 5.75 Å². The Kier molecular flexibility index (Phi) is 7.20. The lowest BCUT2D eigenvalue weighted by Crippen LogP contribution is -2.33. The second-order valence-electron chi connectivity index (χ2n) is 9.91. The first-order chi connectivity index (χ1) is 19.2. The summed E-state index contributed by atoms with van der Waals surface area (Å²) in [5, 5.41) is 12.1. The molecule has 2 aliphatic rings. The van der Waals surface area contributed by atoms with Gasteiger partial charge in [0.15, 0.2) is 18.1 Å². The summed E-state index contributed by atoms with van der Waals surface area (Å²) >= 11 is 0. The molecule has 0 bridgehead atoms. The zero-order valence-corrected chi connectivity index (χ0v) is 21.9. The van der Waals surface area contributed by atoms with E-state index in [2.05, 4.69) is 26.0 Å². The van der Waals surface area contributed by atoms with Gasteiger partial charge in [0.2, 0.25) is 0 Å². The minimum Gasteiger partial charge on any atom is -0.482 e. The van der Waals surface area contributed by atoms with Gasteiger partial charge in [0.25, 0.3) is 17.7 Å². The van der Waals surface area contributed by atoms with Crippen molar-refractivity contribution in [3.05, 3.63) is 64.9 Å². The molecule has 208 valence electrons. The highest BCUT2D eigenvalue weighted by Gasteiger charge is 2.35. The van der Waals surface area contributed by atoms with Crippen LogP contribution in [0.25, 0.3) is 5.65 Å². The van der Waals surface area contributed by atoms with Gasteiger partial charge in [-0.05, 0) is 43.9 Å². The molecule has 40 heavy (non-hydrogen) atoms. The monoisotopic (exact) mass is 550 g/mol. The predicted molar refractivity (Wildman–Crippen MR) is 139 cm³/mol. The molecule has 0 fully saturated rings. The topological polar surface area (TPSA) is 153 Å². The molecule has 5 rings (SSSR count). The molecule has 3 aromatic rings. The van der Waals surface area contributed by atoms with E-state index >= 15 is 0 Å². The number of esters is 1. The highest BCUT2D eigenvalue weighted by atomic mass is 19.1. The largest absolute Gasteiger partial charge is 0.482 e. The van der Waals surface area contributed by atoms with E-state index in [1.54, 1.807) is 18.2 Å². The highest BCUT2D eigenvalue weighted by molar-refractivity contribution is 5.98. The van der Waals surface area contributed by atoms with Crippen LogP contribution in [0.1, 0.15) is 52.7 Å². The van der Waals surface area contributed by atoms with E-state index in [-0.39, 0.29) is 48.6 Å². The van der Waals surface area contributed by atoms with Gasteiger partial charge < -0.3 is 25.4 Å². The van der Waals surface area contributed by atoms with E-state index in [9.17, 15) is 23.6 Å². The lowest BCUT2D eigenvalue weighted by atomic mass is 9.76. The van der Waals surface area contributed by atoms with Crippen molar-refractivity contribution in [1.29, 1.82) is 0 Å². The first-order valence-corrected chi connectivity index (χ1v) is 12.6. The molecule has 3 amide bonds. The Labute approximate surface area is 227 Å². The van der Waals surface area contributed by atoms with Crippen LogP contribution >= 0.6 is 0 Å². The molecular weight excluding hydrogens is 523 g/mol. The Hall–Kier alpha value is -4.81. The van der Waals surface area contributed by atoms with Crippen molar-refractivity contribution in [2.45, 2.75) is 32.7 Å². The molecular formula is C27H27FN6O6. The molecule has 0 saturated carbocycles. The number of nitrogens with one attached hydrogen (secondary N) is 3. The number of allylic oxidation sites excluding steroid dienone is 1. The lowest BCUT2D eigenvalue weighted by Gasteiger charge is -2.30. The average molecular weight is 551 g/mol. The van der Waals surface area contributed by atoms with Crippen LogP contribution in [-0.4, -0.2) is 58.6 Å². The number of benzene rings is 1. The number of amides is 3. The minimum atomic E-state index is -0.786. The number of anilines is 1. The Balaban J connectivity index is 1.29. The van der Waals surface area contributed by atoms with E-state index in [1.807, 2.05) is 13.0 Å². The van der Waals surface area contributed by atoms with E-state index in [0.29, 0.717) is 36.3 Å². The first kappa shape index (κ1) is 26.8. The molecule has 1 aromatic carbocycles. The fraction of sp³-hybridized carbons (Fsp3) is 0.333. The van der Waals surface area contributed by atoms with Crippen molar-refractivity contribution < 1.29 is 33.0 Å². The molecule has 2 aromatic heterocycles. The normalized spacial score (nSPS) is 18.2. The summed E-state index contributed by atoms with van der Waals surface area (Å²) in [6.45, 7) is 2.07. The number of hydrogen-bond donors (Lipinski definition) is 3. The third-order valence-corrected chi connectivity index (χ3v) is 7.02. The molecule has 1 aliphatic carbocycles. The van der Waals surface area contributed by atoms with Gasteiger partial charge in [0.1, 0.15) is 17.1 Å². The molecule has 1 atom stereocenters. The van der Waals surface area contributed by atoms with E-state index < -0.39 is 23.0 Å². The van der Waals surface area contributed by atoms with Crippen molar-refractivity contribution in [2.75, 3.05) is 25.6 Å². The Morgan fingerprint density at radius 3 is 2.75 bits per heavy atom. The number of rotatable bonds is 7. The maximum atomic E-state index is 14.4.